The number of likely N-dealkylation sites (tertiary alicyclic amines) is 1. The maximum Gasteiger partial charge on any atom is 0.316 e. The molecule has 0 atom stereocenters. The molecule has 0 aliphatic carbocycles. The summed E-state index contributed by atoms with van der Waals surface area (Å²) in [5.41, 5.74) is 0.392. The second-order valence-electron chi connectivity index (χ2n) is 3.73. The Morgan fingerprint density at radius 1 is 1.33 bits per heavy atom. The molecular formula is C8H12ClNO2. The highest BCUT2D eigenvalue weighted by atomic mass is 35.5. The number of halogens is 1. The first-order chi connectivity index (χ1) is 5.72. The van der Waals surface area contributed by atoms with Crippen LogP contribution in [0.5, 0.6) is 0 Å². The largest absolute Gasteiger partial charge is 0.380 e. The average Bonchev–Trinajstić information content (AvgIpc) is 2.02. The summed E-state index contributed by atoms with van der Waals surface area (Å²) in [5.74, 6) is 0. The molecule has 2 aliphatic heterocycles. The number of carbonyl (C=O) groups is 1. The monoisotopic (exact) mass is 189 g/mol. The van der Waals surface area contributed by atoms with Crippen molar-refractivity contribution >= 4 is 17.0 Å². The van der Waals surface area contributed by atoms with Gasteiger partial charge in [-0.2, -0.15) is 0 Å². The summed E-state index contributed by atoms with van der Waals surface area (Å²) in [6, 6.07) is 0. The Kier molecular flexibility index (Phi) is 2.00. The Bertz CT molecular complexity index is 193. The molecule has 0 N–H and O–H groups in total. The van der Waals surface area contributed by atoms with E-state index in [1.807, 2.05) is 0 Å². The average molecular weight is 190 g/mol. The van der Waals surface area contributed by atoms with Crippen LogP contribution >= 0.6 is 11.6 Å². The maximum atomic E-state index is 10.8. The van der Waals surface area contributed by atoms with Crippen molar-refractivity contribution in [3.05, 3.63) is 0 Å². The molecule has 2 rings (SSSR count). The van der Waals surface area contributed by atoms with Gasteiger partial charge in [0, 0.05) is 18.5 Å². The SMILES string of the molecule is O=C(Cl)N1CCC2(CC1)COC2. The third-order valence-electron chi connectivity index (χ3n) is 2.89. The lowest BCUT2D eigenvalue weighted by atomic mass is 9.77. The molecule has 2 heterocycles. The Balaban J connectivity index is 1.88. The molecular weight excluding hydrogens is 178 g/mol. The predicted molar refractivity (Wildman–Crippen MR) is 45.3 cm³/mol. The molecule has 0 radical (unpaired) electrons. The molecule has 4 heteroatoms. The summed E-state index contributed by atoms with van der Waals surface area (Å²) < 4.78 is 5.17. The lowest BCUT2D eigenvalue weighted by Crippen LogP contribution is -2.51. The van der Waals surface area contributed by atoms with E-state index in [9.17, 15) is 4.79 Å². The van der Waals surface area contributed by atoms with Gasteiger partial charge >= 0.3 is 5.37 Å². The quantitative estimate of drug-likeness (QED) is 0.427. The van der Waals surface area contributed by atoms with Gasteiger partial charge in [0.1, 0.15) is 0 Å². The van der Waals surface area contributed by atoms with E-state index >= 15 is 0 Å². The number of hydrogen-bond acceptors (Lipinski definition) is 2. The third kappa shape index (κ3) is 1.31. The second-order valence-corrected chi connectivity index (χ2v) is 4.06. The van der Waals surface area contributed by atoms with E-state index in [0.717, 1.165) is 39.1 Å². The number of amides is 1. The molecule has 68 valence electrons. The van der Waals surface area contributed by atoms with Crippen LogP contribution in [0.4, 0.5) is 4.79 Å². The van der Waals surface area contributed by atoms with Crippen molar-refractivity contribution in [2.75, 3.05) is 26.3 Å². The van der Waals surface area contributed by atoms with Gasteiger partial charge in [-0.25, -0.2) is 0 Å². The van der Waals surface area contributed by atoms with Gasteiger partial charge in [0.05, 0.1) is 13.2 Å². The number of ether oxygens (including phenoxy) is 1. The first-order valence-corrected chi connectivity index (χ1v) is 4.62. The van der Waals surface area contributed by atoms with E-state index < -0.39 is 0 Å². The van der Waals surface area contributed by atoms with Crippen molar-refractivity contribution < 1.29 is 9.53 Å². The van der Waals surface area contributed by atoms with Crippen molar-refractivity contribution in [2.24, 2.45) is 5.41 Å². The van der Waals surface area contributed by atoms with Crippen molar-refractivity contribution in [2.45, 2.75) is 12.8 Å². The summed E-state index contributed by atoms with van der Waals surface area (Å²) in [6.45, 7) is 3.34. The lowest BCUT2D eigenvalue weighted by molar-refractivity contribution is -0.135. The summed E-state index contributed by atoms with van der Waals surface area (Å²) in [6.07, 6.45) is 2.09. The van der Waals surface area contributed by atoms with Gasteiger partial charge in [0.2, 0.25) is 0 Å². The normalized spacial score (nSPS) is 26.9. The van der Waals surface area contributed by atoms with Crippen molar-refractivity contribution in [1.29, 1.82) is 0 Å². The van der Waals surface area contributed by atoms with Gasteiger partial charge in [-0.3, -0.25) is 4.79 Å². The first kappa shape index (κ1) is 8.32. The van der Waals surface area contributed by atoms with Crippen molar-refractivity contribution in [3.8, 4) is 0 Å². The van der Waals surface area contributed by atoms with E-state index in [1.54, 1.807) is 4.90 Å². The topological polar surface area (TPSA) is 29.5 Å². The number of rotatable bonds is 0. The molecule has 12 heavy (non-hydrogen) atoms. The van der Waals surface area contributed by atoms with Crippen LogP contribution in [0.15, 0.2) is 0 Å². The highest BCUT2D eigenvalue weighted by molar-refractivity contribution is 6.62. The highest BCUT2D eigenvalue weighted by Gasteiger charge is 2.41. The summed E-state index contributed by atoms with van der Waals surface area (Å²) in [5, 5.41) is -0.315. The van der Waals surface area contributed by atoms with Crippen LogP contribution < -0.4 is 0 Å². The fourth-order valence-electron chi connectivity index (χ4n) is 1.84. The second kappa shape index (κ2) is 2.89. The Hall–Kier alpha value is -0.280. The van der Waals surface area contributed by atoms with Crippen LogP contribution in [-0.2, 0) is 4.74 Å². The smallest absolute Gasteiger partial charge is 0.316 e. The molecule has 0 saturated carbocycles. The van der Waals surface area contributed by atoms with E-state index in [2.05, 4.69) is 0 Å². The van der Waals surface area contributed by atoms with Crippen LogP contribution in [0.1, 0.15) is 12.8 Å². The van der Waals surface area contributed by atoms with Gasteiger partial charge in [0.15, 0.2) is 0 Å². The van der Waals surface area contributed by atoms with E-state index in [4.69, 9.17) is 16.3 Å². The zero-order valence-corrected chi connectivity index (χ0v) is 7.64. The number of carbonyl (C=O) groups excluding carboxylic acids is 1. The molecule has 0 aromatic carbocycles. The van der Waals surface area contributed by atoms with Gasteiger partial charge in [0.25, 0.3) is 0 Å². The summed E-state index contributed by atoms with van der Waals surface area (Å²) in [4.78, 5) is 12.5. The van der Waals surface area contributed by atoms with E-state index in [-0.39, 0.29) is 5.37 Å². The molecule has 1 spiro atoms. The van der Waals surface area contributed by atoms with Crippen LogP contribution in [0, 0.1) is 5.41 Å². The molecule has 1 amide bonds. The lowest BCUT2D eigenvalue weighted by Gasteiger charge is -2.46. The minimum atomic E-state index is -0.315. The van der Waals surface area contributed by atoms with Crippen LogP contribution in [-0.4, -0.2) is 36.6 Å². The van der Waals surface area contributed by atoms with Crippen LogP contribution in [0.2, 0.25) is 0 Å². The number of hydrogen-bond donors (Lipinski definition) is 0. The molecule has 0 bridgehead atoms. The fourth-order valence-corrected chi connectivity index (χ4v) is 2.01. The minimum Gasteiger partial charge on any atom is -0.380 e. The van der Waals surface area contributed by atoms with E-state index in [1.165, 1.54) is 0 Å². The van der Waals surface area contributed by atoms with Crippen molar-refractivity contribution in [3.63, 3.8) is 0 Å². The number of nitrogens with zero attached hydrogens (tertiary/aromatic N) is 1. The van der Waals surface area contributed by atoms with Crippen molar-refractivity contribution in [1.82, 2.24) is 4.90 Å². The van der Waals surface area contributed by atoms with Gasteiger partial charge < -0.3 is 9.64 Å². The number of piperidine rings is 1. The summed E-state index contributed by atoms with van der Waals surface area (Å²) in [7, 11) is 0. The molecule has 2 aliphatic rings. The minimum absolute atomic E-state index is 0.315. The Morgan fingerprint density at radius 2 is 1.92 bits per heavy atom. The van der Waals surface area contributed by atoms with Gasteiger partial charge in [-0.15, -0.1) is 0 Å². The zero-order chi connectivity index (χ0) is 8.60. The first-order valence-electron chi connectivity index (χ1n) is 4.24. The predicted octanol–water partition coefficient (Wildman–Crippen LogP) is 1.46. The fraction of sp³-hybridized carbons (Fsp3) is 0.875. The molecule has 2 fully saturated rings. The van der Waals surface area contributed by atoms with E-state index in [0.29, 0.717) is 5.41 Å². The molecule has 3 nitrogen and oxygen atoms in total. The highest BCUT2D eigenvalue weighted by Crippen LogP contribution is 2.38. The molecule has 0 aromatic rings. The Labute approximate surface area is 76.6 Å². The van der Waals surface area contributed by atoms with Gasteiger partial charge in [-0.1, -0.05) is 0 Å². The summed E-state index contributed by atoms with van der Waals surface area (Å²) >= 11 is 5.37. The van der Waals surface area contributed by atoms with Crippen LogP contribution in [0.25, 0.3) is 0 Å². The molecule has 0 unspecified atom stereocenters. The third-order valence-corrected chi connectivity index (χ3v) is 3.13. The Morgan fingerprint density at radius 3 is 2.25 bits per heavy atom. The van der Waals surface area contributed by atoms with Crippen LogP contribution in [0.3, 0.4) is 0 Å². The standard InChI is InChI=1S/C8H12ClNO2/c9-7(11)10-3-1-8(2-4-10)5-12-6-8/h1-6H2. The zero-order valence-electron chi connectivity index (χ0n) is 6.88. The molecule has 2 saturated heterocycles. The maximum absolute atomic E-state index is 10.8. The molecule has 0 aromatic heterocycles. The van der Waals surface area contributed by atoms with Gasteiger partial charge in [-0.05, 0) is 24.4 Å².